The molecule has 0 radical (unpaired) electrons. The van der Waals surface area contributed by atoms with Gasteiger partial charge in [-0.15, -0.1) is 0 Å². The minimum Gasteiger partial charge on any atom is -0.478 e. The summed E-state index contributed by atoms with van der Waals surface area (Å²) in [5.41, 5.74) is 0.872. The molecule has 2 aromatic rings. The number of fused-ring (bicyclic) bond motifs is 1. The number of hydrogen-bond acceptors (Lipinski definition) is 3. The van der Waals surface area contributed by atoms with Crippen LogP contribution in [0.2, 0.25) is 0 Å². The van der Waals surface area contributed by atoms with Crippen LogP contribution in [0.15, 0.2) is 18.5 Å². The zero-order chi connectivity index (χ0) is 13.6. The van der Waals surface area contributed by atoms with Gasteiger partial charge in [0.15, 0.2) is 11.4 Å². The number of aromatic nitrogens is 2. The summed E-state index contributed by atoms with van der Waals surface area (Å²) in [7, 11) is 0. The smallest absolute Gasteiger partial charge is 0.387 e. The number of hydrogen-bond donors (Lipinski definition) is 1. The molecular formula is C12H10F2N2O3. The molecule has 1 N–H and O–H groups in total. The summed E-state index contributed by atoms with van der Waals surface area (Å²) < 4.78 is 30.5. The Morgan fingerprint density at radius 2 is 2.21 bits per heavy atom. The van der Waals surface area contributed by atoms with Gasteiger partial charge in [-0.05, 0) is 12.8 Å². The number of halogens is 2. The van der Waals surface area contributed by atoms with Crippen LogP contribution in [-0.2, 0) is 0 Å². The first kappa shape index (κ1) is 11.9. The third-order valence-corrected chi connectivity index (χ3v) is 2.99. The molecule has 1 fully saturated rings. The molecule has 0 atom stereocenters. The van der Waals surface area contributed by atoms with Gasteiger partial charge >= 0.3 is 12.6 Å². The molecule has 0 amide bonds. The van der Waals surface area contributed by atoms with Crippen molar-refractivity contribution in [2.45, 2.75) is 25.4 Å². The predicted octanol–water partition coefficient (Wildman–Crippen LogP) is 2.51. The van der Waals surface area contributed by atoms with Gasteiger partial charge < -0.3 is 14.2 Å². The molecule has 2 aromatic heterocycles. The fraction of sp³-hybridized carbons (Fsp3) is 0.333. The second-order valence-corrected chi connectivity index (χ2v) is 4.45. The highest BCUT2D eigenvalue weighted by Crippen LogP contribution is 2.40. The van der Waals surface area contributed by atoms with Crippen LogP contribution in [0.3, 0.4) is 0 Å². The van der Waals surface area contributed by atoms with Crippen LogP contribution in [0.4, 0.5) is 8.78 Å². The van der Waals surface area contributed by atoms with E-state index in [2.05, 4.69) is 9.72 Å². The van der Waals surface area contributed by atoms with Gasteiger partial charge in [-0.25, -0.2) is 9.78 Å². The number of pyridine rings is 1. The third kappa shape index (κ3) is 2.23. The number of carboxylic acid groups (broad SMARTS) is 1. The van der Waals surface area contributed by atoms with E-state index >= 15 is 0 Å². The normalized spacial score (nSPS) is 15.1. The highest BCUT2D eigenvalue weighted by atomic mass is 19.3. The zero-order valence-corrected chi connectivity index (χ0v) is 9.72. The van der Waals surface area contributed by atoms with Crippen LogP contribution in [0.1, 0.15) is 34.8 Å². The quantitative estimate of drug-likeness (QED) is 0.925. The minimum atomic E-state index is -3.02. The Morgan fingerprint density at radius 1 is 1.47 bits per heavy atom. The number of alkyl halides is 2. The first-order valence-electron chi connectivity index (χ1n) is 5.75. The van der Waals surface area contributed by atoms with E-state index in [0.717, 1.165) is 24.6 Å². The molecule has 0 saturated heterocycles. The van der Waals surface area contributed by atoms with Crippen molar-refractivity contribution in [2.75, 3.05) is 0 Å². The van der Waals surface area contributed by atoms with E-state index in [4.69, 9.17) is 5.11 Å². The molecule has 1 saturated carbocycles. The predicted molar refractivity (Wildman–Crippen MR) is 60.8 cm³/mol. The van der Waals surface area contributed by atoms with Crippen LogP contribution < -0.4 is 4.74 Å². The van der Waals surface area contributed by atoms with Gasteiger partial charge in [-0.1, -0.05) is 0 Å². The first-order valence-corrected chi connectivity index (χ1v) is 5.75. The van der Waals surface area contributed by atoms with Crippen LogP contribution in [-0.4, -0.2) is 27.1 Å². The van der Waals surface area contributed by atoms with Crippen LogP contribution in [0.25, 0.3) is 5.65 Å². The zero-order valence-electron chi connectivity index (χ0n) is 9.72. The maximum atomic E-state index is 12.4. The molecule has 0 aromatic carbocycles. The van der Waals surface area contributed by atoms with Crippen molar-refractivity contribution in [3.8, 4) is 5.75 Å². The van der Waals surface area contributed by atoms with Crippen molar-refractivity contribution in [3.63, 3.8) is 0 Å². The SMILES string of the molecule is O=C(O)c1cc(OC(F)F)c2nc(C3CC3)cn2c1. The van der Waals surface area contributed by atoms with Gasteiger partial charge in [0.2, 0.25) is 0 Å². The average molecular weight is 268 g/mol. The topological polar surface area (TPSA) is 63.8 Å². The Hall–Kier alpha value is -2.18. The van der Waals surface area contributed by atoms with E-state index in [1.54, 1.807) is 6.20 Å². The average Bonchev–Trinajstić information content (AvgIpc) is 3.08. The lowest BCUT2D eigenvalue weighted by atomic mass is 10.3. The molecule has 100 valence electrons. The maximum Gasteiger partial charge on any atom is 0.387 e. The fourth-order valence-electron chi connectivity index (χ4n) is 1.96. The summed E-state index contributed by atoms with van der Waals surface area (Å²) in [5.74, 6) is -1.09. The molecule has 1 aliphatic carbocycles. The summed E-state index contributed by atoms with van der Waals surface area (Å²) in [5, 5.41) is 8.95. The largest absolute Gasteiger partial charge is 0.478 e. The van der Waals surface area contributed by atoms with E-state index < -0.39 is 12.6 Å². The summed E-state index contributed by atoms with van der Waals surface area (Å²) in [6, 6.07) is 1.06. The van der Waals surface area contributed by atoms with Gasteiger partial charge in [0.25, 0.3) is 0 Å². The Balaban J connectivity index is 2.14. The van der Waals surface area contributed by atoms with Crippen molar-refractivity contribution in [1.29, 1.82) is 0 Å². The first-order chi connectivity index (χ1) is 9.04. The monoisotopic (exact) mass is 268 g/mol. The highest BCUT2D eigenvalue weighted by Gasteiger charge is 2.27. The molecule has 0 aliphatic heterocycles. The Morgan fingerprint density at radius 3 is 2.79 bits per heavy atom. The number of nitrogens with zero attached hydrogens (tertiary/aromatic N) is 2. The van der Waals surface area contributed by atoms with Gasteiger partial charge in [0, 0.05) is 24.4 Å². The number of carboxylic acids is 1. The van der Waals surface area contributed by atoms with E-state index in [9.17, 15) is 13.6 Å². The van der Waals surface area contributed by atoms with E-state index in [-0.39, 0.29) is 17.0 Å². The van der Waals surface area contributed by atoms with Gasteiger partial charge in [-0.3, -0.25) is 0 Å². The third-order valence-electron chi connectivity index (χ3n) is 2.99. The minimum absolute atomic E-state index is 0.122. The summed E-state index contributed by atoms with van der Waals surface area (Å²) >= 11 is 0. The molecule has 3 rings (SSSR count). The molecule has 7 heteroatoms. The van der Waals surface area contributed by atoms with Gasteiger partial charge in [0.05, 0.1) is 11.3 Å². The molecular weight excluding hydrogens is 258 g/mol. The lowest BCUT2D eigenvalue weighted by molar-refractivity contribution is -0.0492. The van der Waals surface area contributed by atoms with Crippen LogP contribution in [0, 0.1) is 0 Å². The number of carbonyl (C=O) groups is 1. The van der Waals surface area contributed by atoms with Crippen molar-refractivity contribution < 1.29 is 23.4 Å². The molecule has 0 spiro atoms. The standard InChI is InChI=1S/C12H10F2N2O3/c13-12(14)19-9-3-7(11(17)18)4-16-5-8(6-1-2-6)15-10(9)16/h3-6,12H,1-2H2,(H,17,18). The lowest BCUT2D eigenvalue weighted by Gasteiger charge is -2.07. The van der Waals surface area contributed by atoms with Crippen molar-refractivity contribution in [3.05, 3.63) is 29.7 Å². The van der Waals surface area contributed by atoms with Crippen LogP contribution >= 0.6 is 0 Å². The van der Waals surface area contributed by atoms with Crippen LogP contribution in [0.5, 0.6) is 5.75 Å². The van der Waals surface area contributed by atoms with E-state index in [1.807, 2.05) is 0 Å². The number of aromatic carboxylic acids is 1. The molecule has 5 nitrogen and oxygen atoms in total. The van der Waals surface area contributed by atoms with Crippen molar-refractivity contribution in [2.24, 2.45) is 0 Å². The number of ether oxygens (including phenoxy) is 1. The number of rotatable bonds is 4. The van der Waals surface area contributed by atoms with Gasteiger partial charge in [0.1, 0.15) is 0 Å². The Labute approximate surface area is 106 Å². The lowest BCUT2D eigenvalue weighted by Crippen LogP contribution is -2.06. The molecule has 0 unspecified atom stereocenters. The molecule has 19 heavy (non-hydrogen) atoms. The van der Waals surface area contributed by atoms with Crippen molar-refractivity contribution in [1.82, 2.24) is 9.38 Å². The maximum absolute atomic E-state index is 12.4. The van der Waals surface area contributed by atoms with Crippen molar-refractivity contribution >= 4 is 11.6 Å². The second kappa shape index (κ2) is 4.18. The summed E-state index contributed by atoms with van der Waals surface area (Å²) in [4.78, 5) is 15.2. The number of imidazole rings is 1. The van der Waals surface area contributed by atoms with E-state index in [1.165, 1.54) is 10.6 Å². The fourth-order valence-corrected chi connectivity index (χ4v) is 1.96. The molecule has 1 aliphatic rings. The molecule has 2 heterocycles. The molecule has 0 bridgehead atoms. The Kier molecular flexibility index (Phi) is 2.62. The second-order valence-electron chi connectivity index (χ2n) is 4.45. The summed E-state index contributed by atoms with van der Waals surface area (Å²) in [6.07, 6.45) is 5.04. The summed E-state index contributed by atoms with van der Waals surface area (Å²) in [6.45, 7) is -3.02. The van der Waals surface area contributed by atoms with E-state index in [0.29, 0.717) is 5.92 Å². The highest BCUT2D eigenvalue weighted by molar-refractivity contribution is 5.88. The van der Waals surface area contributed by atoms with Gasteiger partial charge in [-0.2, -0.15) is 8.78 Å². The Bertz CT molecular complexity index is 650.